The topological polar surface area (TPSA) is 0 Å². The van der Waals surface area contributed by atoms with Crippen molar-refractivity contribution in [1.29, 1.82) is 0 Å². The molecule has 0 aliphatic rings. The fourth-order valence-corrected chi connectivity index (χ4v) is 3.92. The molecule has 0 spiro atoms. The van der Waals surface area contributed by atoms with Gasteiger partial charge in [-0.05, 0) is 5.92 Å². The minimum Gasteiger partial charge on any atom is -0.0654 e. The Hall–Kier alpha value is 0. The van der Waals surface area contributed by atoms with Gasteiger partial charge in [-0.2, -0.15) is 0 Å². The molecule has 0 aromatic rings. The Morgan fingerprint density at radius 2 is 0.720 bits per heavy atom. The number of hydrogen-bond donors (Lipinski definition) is 0. The van der Waals surface area contributed by atoms with Crippen LogP contribution in [0.3, 0.4) is 0 Å². The van der Waals surface area contributed by atoms with Crippen LogP contribution in [0.1, 0.15) is 149 Å². The van der Waals surface area contributed by atoms with Crippen LogP contribution in [0.2, 0.25) is 0 Å². The van der Waals surface area contributed by atoms with Crippen molar-refractivity contribution in [2.24, 2.45) is 5.92 Å². The van der Waals surface area contributed by atoms with E-state index in [0.29, 0.717) is 0 Å². The van der Waals surface area contributed by atoms with E-state index in [1.165, 1.54) is 128 Å². The maximum absolute atomic E-state index is 4.15. The van der Waals surface area contributed by atoms with Crippen molar-refractivity contribution in [1.82, 2.24) is 0 Å². The summed E-state index contributed by atoms with van der Waals surface area (Å²) in [5, 5.41) is 0. The first-order valence-corrected chi connectivity index (χ1v) is 12.1. The molecule has 0 nitrogen and oxygen atoms in total. The zero-order chi connectivity index (χ0) is 18.4. The van der Waals surface area contributed by atoms with Crippen molar-refractivity contribution in [3.8, 4) is 0 Å². The van der Waals surface area contributed by atoms with E-state index >= 15 is 0 Å². The summed E-state index contributed by atoms with van der Waals surface area (Å²) in [6, 6.07) is 0. The predicted molar refractivity (Wildman–Crippen MR) is 117 cm³/mol. The highest BCUT2D eigenvalue weighted by molar-refractivity contribution is 4.61. The average Bonchev–Trinajstić information content (AvgIpc) is 2.63. The second kappa shape index (κ2) is 22.0. The Bertz CT molecular complexity index is 220. The van der Waals surface area contributed by atoms with E-state index in [0.717, 1.165) is 12.3 Å². The van der Waals surface area contributed by atoms with Gasteiger partial charge in [-0.3, -0.25) is 0 Å². The highest BCUT2D eigenvalue weighted by atomic mass is 14.1. The third-order valence-corrected chi connectivity index (χ3v) is 5.84. The quantitative estimate of drug-likeness (QED) is 0.180. The third kappa shape index (κ3) is 20.2. The highest BCUT2D eigenvalue weighted by Gasteiger charge is 2.05. The molecule has 0 heteroatoms. The van der Waals surface area contributed by atoms with Crippen molar-refractivity contribution in [2.45, 2.75) is 149 Å². The lowest BCUT2D eigenvalue weighted by molar-refractivity contribution is 0.408. The molecule has 0 heterocycles. The Labute approximate surface area is 161 Å². The fourth-order valence-electron chi connectivity index (χ4n) is 3.92. The van der Waals surface area contributed by atoms with Crippen molar-refractivity contribution in [3.05, 3.63) is 6.92 Å². The van der Waals surface area contributed by atoms with Gasteiger partial charge in [0.2, 0.25) is 0 Å². The molecule has 0 rings (SSSR count). The highest BCUT2D eigenvalue weighted by Crippen LogP contribution is 2.21. The summed E-state index contributed by atoms with van der Waals surface area (Å²) in [5.74, 6) is 0.911. The molecule has 0 fully saturated rings. The van der Waals surface area contributed by atoms with E-state index in [9.17, 15) is 0 Å². The van der Waals surface area contributed by atoms with Crippen LogP contribution in [0.4, 0.5) is 0 Å². The van der Waals surface area contributed by atoms with Gasteiger partial charge >= 0.3 is 0 Å². The van der Waals surface area contributed by atoms with Crippen LogP contribution in [-0.2, 0) is 0 Å². The van der Waals surface area contributed by atoms with Gasteiger partial charge in [0, 0.05) is 0 Å². The van der Waals surface area contributed by atoms with E-state index in [1.807, 2.05) is 0 Å². The molecule has 1 atom stereocenters. The van der Waals surface area contributed by atoms with Crippen LogP contribution < -0.4 is 0 Å². The van der Waals surface area contributed by atoms with Crippen LogP contribution in [0.5, 0.6) is 0 Å². The lowest BCUT2D eigenvalue weighted by atomic mass is 9.92. The van der Waals surface area contributed by atoms with Crippen LogP contribution in [0.15, 0.2) is 0 Å². The van der Waals surface area contributed by atoms with Gasteiger partial charge in [0.25, 0.3) is 0 Å². The molecule has 0 amide bonds. The lowest BCUT2D eigenvalue weighted by Crippen LogP contribution is -1.99. The van der Waals surface area contributed by atoms with Gasteiger partial charge in [0.15, 0.2) is 0 Å². The Kier molecular flexibility index (Phi) is 22.0. The van der Waals surface area contributed by atoms with Gasteiger partial charge in [-0.1, -0.05) is 156 Å². The summed E-state index contributed by atoms with van der Waals surface area (Å²) < 4.78 is 0. The van der Waals surface area contributed by atoms with E-state index in [4.69, 9.17) is 0 Å². The summed E-state index contributed by atoms with van der Waals surface area (Å²) in [7, 11) is 0. The molecule has 0 N–H and O–H groups in total. The van der Waals surface area contributed by atoms with Crippen LogP contribution in [0, 0.1) is 12.8 Å². The van der Waals surface area contributed by atoms with E-state index in [-0.39, 0.29) is 0 Å². The average molecular weight is 352 g/mol. The molecule has 0 aromatic carbocycles. The van der Waals surface area contributed by atoms with E-state index in [1.54, 1.807) is 0 Å². The normalized spacial score (nSPS) is 12.6. The summed E-state index contributed by atoms with van der Waals surface area (Å²) in [4.78, 5) is 0. The molecule has 0 saturated carbocycles. The van der Waals surface area contributed by atoms with Gasteiger partial charge < -0.3 is 0 Å². The van der Waals surface area contributed by atoms with Crippen molar-refractivity contribution < 1.29 is 0 Å². The smallest absolute Gasteiger partial charge is 0.0414 e. The van der Waals surface area contributed by atoms with Gasteiger partial charge in [-0.15, -0.1) is 0 Å². The monoisotopic (exact) mass is 351 g/mol. The van der Waals surface area contributed by atoms with Gasteiger partial charge in [0.05, 0.1) is 0 Å². The Morgan fingerprint density at radius 1 is 0.440 bits per heavy atom. The zero-order valence-electron chi connectivity index (χ0n) is 18.1. The molecular weight excluding hydrogens is 300 g/mol. The van der Waals surface area contributed by atoms with Gasteiger partial charge in [-0.25, -0.2) is 0 Å². The summed E-state index contributed by atoms with van der Waals surface area (Å²) >= 11 is 0. The molecular formula is C25H51. The SMILES string of the molecule is [CH2]CC(CCCCC)CCCCCCCCCCCCCCCCC. The Morgan fingerprint density at radius 3 is 1.08 bits per heavy atom. The second-order valence-electron chi connectivity index (χ2n) is 8.39. The second-order valence-corrected chi connectivity index (χ2v) is 8.39. The molecule has 151 valence electrons. The number of unbranched alkanes of at least 4 members (excludes halogenated alkanes) is 16. The summed E-state index contributed by atoms with van der Waals surface area (Å²) in [6.07, 6.45) is 30.2. The first-order valence-electron chi connectivity index (χ1n) is 12.1. The Balaban J connectivity index is 3.15. The maximum atomic E-state index is 4.15. The lowest BCUT2D eigenvalue weighted by Gasteiger charge is -2.14. The van der Waals surface area contributed by atoms with Crippen LogP contribution in [0.25, 0.3) is 0 Å². The number of hydrogen-bond acceptors (Lipinski definition) is 0. The third-order valence-electron chi connectivity index (χ3n) is 5.84. The molecule has 0 saturated heterocycles. The number of rotatable bonds is 21. The first-order chi connectivity index (χ1) is 12.3. The molecule has 0 aliphatic carbocycles. The molecule has 0 aromatic heterocycles. The predicted octanol–water partition coefficient (Wildman–Crippen LogP) is 9.67. The zero-order valence-corrected chi connectivity index (χ0v) is 18.1. The van der Waals surface area contributed by atoms with E-state index < -0.39 is 0 Å². The largest absolute Gasteiger partial charge is 0.0654 e. The van der Waals surface area contributed by atoms with Gasteiger partial charge in [0.1, 0.15) is 0 Å². The molecule has 1 unspecified atom stereocenters. The fraction of sp³-hybridized carbons (Fsp3) is 0.960. The van der Waals surface area contributed by atoms with Crippen molar-refractivity contribution >= 4 is 0 Å². The van der Waals surface area contributed by atoms with Crippen molar-refractivity contribution in [3.63, 3.8) is 0 Å². The van der Waals surface area contributed by atoms with Crippen molar-refractivity contribution in [2.75, 3.05) is 0 Å². The summed E-state index contributed by atoms with van der Waals surface area (Å²) in [5.41, 5.74) is 0. The summed E-state index contributed by atoms with van der Waals surface area (Å²) in [6.45, 7) is 8.75. The molecule has 0 aliphatic heterocycles. The standard InChI is InChI=1S/C25H51/c1-4-7-9-10-11-12-13-14-15-16-17-18-19-20-22-24-25(6-3)23-21-8-5-2/h25H,3-24H2,1-2H3. The maximum Gasteiger partial charge on any atom is -0.0414 e. The van der Waals surface area contributed by atoms with Crippen LogP contribution >= 0.6 is 0 Å². The van der Waals surface area contributed by atoms with Crippen LogP contribution in [-0.4, -0.2) is 0 Å². The minimum atomic E-state index is 0.911. The molecule has 1 radical (unpaired) electrons. The minimum absolute atomic E-state index is 0.911. The molecule has 0 bridgehead atoms. The van der Waals surface area contributed by atoms with E-state index in [2.05, 4.69) is 20.8 Å². The first kappa shape index (κ1) is 25.0. The molecule has 25 heavy (non-hydrogen) atoms.